The summed E-state index contributed by atoms with van der Waals surface area (Å²) in [6, 6.07) is 12.0. The number of anilines is 1. The molecule has 7 heteroatoms. The summed E-state index contributed by atoms with van der Waals surface area (Å²) >= 11 is 5.82. The maximum absolute atomic E-state index is 10.7. The van der Waals surface area contributed by atoms with Gasteiger partial charge in [0, 0.05) is 23.7 Å². The summed E-state index contributed by atoms with van der Waals surface area (Å²) in [5.41, 5.74) is 1.95. The molecule has 0 unspecified atom stereocenters. The summed E-state index contributed by atoms with van der Waals surface area (Å²) in [5.74, 6) is 0. The Bertz CT molecular complexity index is 799. The van der Waals surface area contributed by atoms with E-state index in [4.69, 9.17) is 16.0 Å². The molecule has 3 aromatic rings. The molecule has 0 spiro atoms. The fraction of sp³-hybridized carbons (Fsp3) is 0.0714. The second kappa shape index (κ2) is 5.41. The predicted molar refractivity (Wildman–Crippen MR) is 79.4 cm³/mol. The zero-order chi connectivity index (χ0) is 14.8. The molecule has 0 amide bonds. The lowest BCUT2D eigenvalue weighted by molar-refractivity contribution is -0.384. The fourth-order valence-corrected chi connectivity index (χ4v) is 2.01. The lowest BCUT2D eigenvalue weighted by Crippen LogP contribution is -1.98. The Kier molecular flexibility index (Phi) is 3.45. The Balaban J connectivity index is 1.78. The molecule has 1 heterocycles. The largest absolute Gasteiger partial charge is 0.424 e. The minimum Gasteiger partial charge on any atom is -0.424 e. The highest BCUT2D eigenvalue weighted by molar-refractivity contribution is 6.30. The van der Waals surface area contributed by atoms with Gasteiger partial charge in [-0.05, 0) is 23.8 Å². The first-order valence-electron chi connectivity index (χ1n) is 6.15. The van der Waals surface area contributed by atoms with Crippen LogP contribution in [0.25, 0.3) is 11.1 Å². The van der Waals surface area contributed by atoms with Crippen LogP contribution in [0.1, 0.15) is 5.56 Å². The van der Waals surface area contributed by atoms with Gasteiger partial charge in [-0.15, -0.1) is 0 Å². The van der Waals surface area contributed by atoms with E-state index in [1.165, 1.54) is 18.2 Å². The van der Waals surface area contributed by atoms with Crippen LogP contribution in [0.4, 0.5) is 11.7 Å². The molecule has 3 rings (SSSR count). The molecule has 1 aromatic heterocycles. The maximum Gasteiger partial charge on any atom is 0.295 e. The van der Waals surface area contributed by atoms with Gasteiger partial charge >= 0.3 is 0 Å². The molecular weight excluding hydrogens is 294 g/mol. The normalized spacial score (nSPS) is 10.7. The summed E-state index contributed by atoms with van der Waals surface area (Å²) in [5, 5.41) is 14.4. The van der Waals surface area contributed by atoms with Gasteiger partial charge in [-0.25, -0.2) is 0 Å². The van der Waals surface area contributed by atoms with E-state index in [9.17, 15) is 10.1 Å². The fourth-order valence-electron chi connectivity index (χ4n) is 1.88. The summed E-state index contributed by atoms with van der Waals surface area (Å²) < 4.78 is 5.48. The highest BCUT2D eigenvalue weighted by Gasteiger charge is 2.11. The molecule has 0 aliphatic carbocycles. The number of fused-ring (bicyclic) bond motifs is 1. The zero-order valence-corrected chi connectivity index (χ0v) is 11.5. The van der Waals surface area contributed by atoms with Crippen molar-refractivity contribution in [1.82, 2.24) is 4.98 Å². The highest BCUT2D eigenvalue weighted by atomic mass is 35.5. The van der Waals surface area contributed by atoms with Gasteiger partial charge in [-0.3, -0.25) is 10.1 Å². The molecule has 2 aromatic carbocycles. The number of halogens is 1. The number of hydrogen-bond donors (Lipinski definition) is 1. The van der Waals surface area contributed by atoms with Gasteiger partial charge in [0.25, 0.3) is 11.7 Å². The predicted octanol–water partition coefficient (Wildman–Crippen LogP) is 4.00. The monoisotopic (exact) mass is 303 g/mol. The van der Waals surface area contributed by atoms with Gasteiger partial charge in [0.15, 0.2) is 5.58 Å². The van der Waals surface area contributed by atoms with Crippen molar-refractivity contribution in [3.05, 3.63) is 63.2 Å². The van der Waals surface area contributed by atoms with E-state index in [2.05, 4.69) is 10.3 Å². The average Bonchev–Trinajstić information content (AvgIpc) is 2.88. The van der Waals surface area contributed by atoms with Crippen LogP contribution in [0.5, 0.6) is 0 Å². The molecule has 0 saturated heterocycles. The average molecular weight is 304 g/mol. The lowest BCUT2D eigenvalue weighted by atomic mass is 10.2. The van der Waals surface area contributed by atoms with Crippen LogP contribution < -0.4 is 5.32 Å². The second-order valence-corrected chi connectivity index (χ2v) is 4.84. The van der Waals surface area contributed by atoms with Crippen LogP contribution in [-0.2, 0) is 6.54 Å². The Labute approximate surface area is 124 Å². The van der Waals surface area contributed by atoms with E-state index in [1.807, 2.05) is 12.1 Å². The topological polar surface area (TPSA) is 81.2 Å². The molecule has 0 radical (unpaired) electrons. The zero-order valence-electron chi connectivity index (χ0n) is 10.7. The number of nitrogens with one attached hydrogen (secondary N) is 1. The van der Waals surface area contributed by atoms with Crippen LogP contribution in [0.2, 0.25) is 5.02 Å². The highest BCUT2D eigenvalue weighted by Crippen LogP contribution is 2.23. The van der Waals surface area contributed by atoms with E-state index < -0.39 is 4.92 Å². The molecule has 106 valence electrons. The number of rotatable bonds is 4. The third-order valence-corrected chi connectivity index (χ3v) is 3.19. The summed E-state index contributed by atoms with van der Waals surface area (Å²) in [6.45, 7) is 0.520. The molecule has 0 atom stereocenters. The van der Waals surface area contributed by atoms with Gasteiger partial charge in [-0.1, -0.05) is 23.7 Å². The molecule has 6 nitrogen and oxygen atoms in total. The number of nitrogens with zero attached hydrogens (tertiary/aromatic N) is 2. The summed E-state index contributed by atoms with van der Waals surface area (Å²) in [6.07, 6.45) is 0. The van der Waals surface area contributed by atoms with Crippen molar-refractivity contribution in [3.63, 3.8) is 0 Å². The molecule has 1 N–H and O–H groups in total. The molecular formula is C14H10ClN3O3. The number of non-ortho nitro benzene ring substituents is 1. The van der Waals surface area contributed by atoms with Crippen molar-refractivity contribution in [3.8, 4) is 0 Å². The van der Waals surface area contributed by atoms with Gasteiger partial charge in [-0.2, -0.15) is 4.98 Å². The third kappa shape index (κ3) is 2.95. The van der Waals surface area contributed by atoms with Crippen LogP contribution >= 0.6 is 11.6 Å². The summed E-state index contributed by atoms with van der Waals surface area (Å²) in [4.78, 5) is 14.4. The van der Waals surface area contributed by atoms with Crippen LogP contribution in [0.15, 0.2) is 46.9 Å². The van der Waals surface area contributed by atoms with Crippen molar-refractivity contribution in [2.75, 3.05) is 5.32 Å². The van der Waals surface area contributed by atoms with Crippen molar-refractivity contribution in [2.24, 2.45) is 0 Å². The van der Waals surface area contributed by atoms with Gasteiger partial charge in [0.2, 0.25) is 0 Å². The van der Waals surface area contributed by atoms with E-state index >= 15 is 0 Å². The number of benzene rings is 2. The second-order valence-electron chi connectivity index (χ2n) is 4.41. The van der Waals surface area contributed by atoms with Crippen LogP contribution in [0, 0.1) is 10.1 Å². The van der Waals surface area contributed by atoms with Gasteiger partial charge < -0.3 is 9.73 Å². The van der Waals surface area contributed by atoms with Crippen LogP contribution in [0.3, 0.4) is 0 Å². The lowest BCUT2D eigenvalue weighted by Gasteiger charge is -2.01. The first kappa shape index (κ1) is 13.4. The van der Waals surface area contributed by atoms with Crippen LogP contribution in [-0.4, -0.2) is 9.91 Å². The third-order valence-electron chi connectivity index (χ3n) is 2.94. The molecule has 0 bridgehead atoms. The quantitative estimate of drug-likeness (QED) is 0.582. The van der Waals surface area contributed by atoms with E-state index in [0.29, 0.717) is 28.7 Å². The molecule has 21 heavy (non-hydrogen) atoms. The first-order chi connectivity index (χ1) is 10.1. The molecule has 0 aliphatic heterocycles. The number of aromatic nitrogens is 1. The number of nitro groups is 1. The van der Waals surface area contributed by atoms with Crippen molar-refractivity contribution in [1.29, 1.82) is 0 Å². The van der Waals surface area contributed by atoms with E-state index in [0.717, 1.165) is 5.56 Å². The Hall–Kier alpha value is -2.60. The molecule has 0 aliphatic rings. The number of hydrogen-bond acceptors (Lipinski definition) is 5. The number of oxazole rings is 1. The molecule has 0 saturated carbocycles. The number of nitro benzene ring substituents is 1. The van der Waals surface area contributed by atoms with Gasteiger partial charge in [0.05, 0.1) is 4.92 Å². The van der Waals surface area contributed by atoms with E-state index in [-0.39, 0.29) is 5.69 Å². The smallest absolute Gasteiger partial charge is 0.295 e. The van der Waals surface area contributed by atoms with E-state index in [1.54, 1.807) is 12.1 Å². The summed E-state index contributed by atoms with van der Waals surface area (Å²) in [7, 11) is 0. The Morgan fingerprint density at radius 3 is 2.71 bits per heavy atom. The first-order valence-corrected chi connectivity index (χ1v) is 6.53. The SMILES string of the molecule is O=[N+]([O-])c1ccc2oc(NCc3ccc(Cl)cc3)nc2c1. The maximum atomic E-state index is 10.7. The Morgan fingerprint density at radius 1 is 1.24 bits per heavy atom. The minimum atomic E-state index is -0.463. The van der Waals surface area contributed by atoms with Crippen molar-refractivity contribution in [2.45, 2.75) is 6.54 Å². The van der Waals surface area contributed by atoms with Crippen molar-refractivity contribution < 1.29 is 9.34 Å². The van der Waals surface area contributed by atoms with Gasteiger partial charge in [0.1, 0.15) is 5.52 Å². The molecule has 0 fully saturated rings. The minimum absolute atomic E-state index is 0.0138. The Morgan fingerprint density at radius 2 is 2.00 bits per heavy atom. The standard InChI is InChI=1S/C14H10ClN3O3/c15-10-3-1-9(2-4-10)8-16-14-17-12-7-11(18(19)20)5-6-13(12)21-14/h1-7H,8H2,(H,16,17). The van der Waals surface area contributed by atoms with Crippen molar-refractivity contribution >= 4 is 34.4 Å².